The average molecular weight is 544 g/mol. The van der Waals surface area contributed by atoms with Crippen molar-refractivity contribution in [3.8, 4) is 0 Å². The van der Waals surface area contributed by atoms with Crippen LogP contribution in [0, 0.1) is 0 Å². The van der Waals surface area contributed by atoms with Gasteiger partial charge in [0.05, 0.1) is 4.75 Å². The Morgan fingerprint density at radius 3 is 1.97 bits per heavy atom. The van der Waals surface area contributed by atoms with Crippen molar-refractivity contribution in [2.45, 2.75) is 35.8 Å². The Morgan fingerprint density at radius 2 is 1.54 bits per heavy atom. The molecule has 0 aromatic heterocycles. The highest BCUT2D eigenvalue weighted by atomic mass is 32.2. The second kappa shape index (κ2) is 13.2. The molecule has 8 heteroatoms. The zero-order chi connectivity index (χ0) is 27.7. The lowest BCUT2D eigenvalue weighted by Crippen LogP contribution is -2.40. The van der Waals surface area contributed by atoms with E-state index in [4.69, 9.17) is 4.74 Å². The Labute approximate surface area is 233 Å². The van der Waals surface area contributed by atoms with Crippen molar-refractivity contribution in [2.24, 2.45) is 5.16 Å². The van der Waals surface area contributed by atoms with E-state index in [1.807, 2.05) is 54.6 Å². The van der Waals surface area contributed by atoms with Gasteiger partial charge in [0.15, 0.2) is 0 Å². The van der Waals surface area contributed by atoms with Gasteiger partial charge in [-0.15, -0.1) is 11.8 Å². The molecule has 1 aliphatic rings. The second-order valence-corrected chi connectivity index (χ2v) is 10.9. The minimum atomic E-state index is -0.550. The molecule has 0 bridgehead atoms. The number of benzene rings is 3. The fourth-order valence-electron chi connectivity index (χ4n) is 5.11. The van der Waals surface area contributed by atoms with Crippen molar-refractivity contribution in [3.63, 3.8) is 0 Å². The lowest BCUT2D eigenvalue weighted by Gasteiger charge is -2.37. The highest BCUT2D eigenvalue weighted by molar-refractivity contribution is 8.01. The summed E-state index contributed by atoms with van der Waals surface area (Å²) in [6.07, 6.45) is 1.86. The summed E-state index contributed by atoms with van der Waals surface area (Å²) in [4.78, 5) is 26.4. The number of nitrogens with one attached hydrogen (secondary N) is 1. The number of thioether (sulfide) groups is 1. The molecule has 39 heavy (non-hydrogen) atoms. The van der Waals surface area contributed by atoms with E-state index in [1.54, 1.807) is 16.7 Å². The number of carbonyl (C=O) groups excluding carboxylic acids is 2. The van der Waals surface area contributed by atoms with Crippen molar-refractivity contribution in [1.82, 2.24) is 10.2 Å². The van der Waals surface area contributed by atoms with Crippen LogP contribution in [-0.4, -0.2) is 52.4 Å². The van der Waals surface area contributed by atoms with Crippen LogP contribution in [0.2, 0.25) is 0 Å². The molecule has 1 saturated heterocycles. The summed E-state index contributed by atoms with van der Waals surface area (Å²) in [5.74, 6) is -0.233. The zero-order valence-corrected chi connectivity index (χ0v) is 22.7. The first kappa shape index (κ1) is 28.0. The molecule has 0 unspecified atom stereocenters. The van der Waals surface area contributed by atoms with E-state index in [-0.39, 0.29) is 36.1 Å². The summed E-state index contributed by atoms with van der Waals surface area (Å²) in [5.41, 5.74) is 3.40. The molecular weight excluding hydrogens is 510 g/mol. The fourth-order valence-corrected chi connectivity index (χ4v) is 6.98. The average Bonchev–Trinajstić information content (AvgIpc) is 3.37. The molecule has 0 radical (unpaired) electrons. The molecule has 3 aromatic rings. The number of carbonyl (C=O) groups is 2. The number of likely N-dealkylation sites (tertiary alicyclic amines) is 1. The highest BCUT2D eigenvalue weighted by Gasteiger charge is 2.44. The first-order valence-corrected chi connectivity index (χ1v) is 13.7. The van der Waals surface area contributed by atoms with Crippen molar-refractivity contribution in [3.05, 3.63) is 120 Å². The van der Waals surface area contributed by atoms with Crippen LogP contribution in [0.3, 0.4) is 0 Å². The van der Waals surface area contributed by atoms with Crippen LogP contribution in [0.5, 0.6) is 0 Å². The molecule has 3 aromatic carbocycles. The van der Waals surface area contributed by atoms with Crippen molar-refractivity contribution in [1.29, 1.82) is 0 Å². The van der Waals surface area contributed by atoms with Gasteiger partial charge >= 0.3 is 6.09 Å². The van der Waals surface area contributed by atoms with Crippen LogP contribution < -0.4 is 5.32 Å². The van der Waals surface area contributed by atoms with Gasteiger partial charge in [-0.1, -0.05) is 109 Å². The standard InChI is InChI=1S/C31H33N3O4S/c1-3-19-38-30(36)34-22-28(20-27(34)21-29(33-37)32-23(2)35)39-31(24-13-7-4-8-14-24,25-15-9-5-10-16-25)26-17-11-6-12-18-26/h3-18,27-28,37H,1,19-22H2,2H3,(H,32,33,35)/t27-,28-/m0/s1. The maximum Gasteiger partial charge on any atom is 0.410 e. The van der Waals surface area contributed by atoms with Crippen LogP contribution in [0.15, 0.2) is 109 Å². The Hall–Kier alpha value is -4.04. The minimum absolute atomic E-state index is 0.00386. The summed E-state index contributed by atoms with van der Waals surface area (Å²) in [6, 6.07) is 30.8. The lowest BCUT2D eigenvalue weighted by atomic mass is 9.84. The quantitative estimate of drug-likeness (QED) is 0.0890. The van der Waals surface area contributed by atoms with E-state index >= 15 is 0 Å². The summed E-state index contributed by atoms with van der Waals surface area (Å²) >= 11 is 1.80. The summed E-state index contributed by atoms with van der Waals surface area (Å²) in [7, 11) is 0. The lowest BCUT2D eigenvalue weighted by molar-refractivity contribution is -0.117. The molecule has 0 aliphatic carbocycles. The van der Waals surface area contributed by atoms with E-state index in [1.165, 1.54) is 13.0 Å². The Bertz CT molecular complexity index is 1190. The third-order valence-corrected chi connectivity index (χ3v) is 8.43. The molecule has 2 N–H and O–H groups in total. The van der Waals surface area contributed by atoms with E-state index < -0.39 is 10.8 Å². The van der Waals surface area contributed by atoms with Gasteiger partial charge in [-0.25, -0.2) is 4.79 Å². The van der Waals surface area contributed by atoms with Crippen LogP contribution in [0.25, 0.3) is 0 Å². The van der Waals surface area contributed by atoms with E-state index in [0.29, 0.717) is 13.0 Å². The predicted octanol–water partition coefficient (Wildman–Crippen LogP) is 5.79. The molecule has 1 aliphatic heterocycles. The van der Waals surface area contributed by atoms with Gasteiger partial charge in [-0.3, -0.25) is 4.79 Å². The number of hydrogen-bond donors (Lipinski definition) is 2. The molecule has 202 valence electrons. The summed E-state index contributed by atoms with van der Waals surface area (Å²) in [5, 5.41) is 15.4. The fraction of sp³-hybridized carbons (Fsp3) is 0.258. The number of amidine groups is 1. The van der Waals surface area contributed by atoms with Crippen molar-refractivity contribution in [2.75, 3.05) is 13.2 Å². The Balaban J connectivity index is 1.75. The smallest absolute Gasteiger partial charge is 0.410 e. The van der Waals surface area contributed by atoms with Gasteiger partial charge in [0, 0.05) is 31.2 Å². The molecule has 7 nitrogen and oxygen atoms in total. The van der Waals surface area contributed by atoms with Crippen LogP contribution in [-0.2, 0) is 14.3 Å². The van der Waals surface area contributed by atoms with E-state index in [2.05, 4.69) is 53.4 Å². The molecular formula is C31H33N3O4S. The minimum Gasteiger partial charge on any atom is -0.445 e. The van der Waals surface area contributed by atoms with Gasteiger partial charge < -0.3 is 20.2 Å². The first-order valence-electron chi connectivity index (χ1n) is 12.8. The number of amides is 2. The van der Waals surface area contributed by atoms with Crippen molar-refractivity contribution < 1.29 is 19.5 Å². The molecule has 4 rings (SSSR count). The predicted molar refractivity (Wildman–Crippen MR) is 155 cm³/mol. The number of ether oxygens (including phenoxy) is 1. The largest absolute Gasteiger partial charge is 0.445 e. The third kappa shape index (κ3) is 6.52. The van der Waals surface area contributed by atoms with Gasteiger partial charge in [0.2, 0.25) is 5.91 Å². The maximum absolute atomic E-state index is 13.1. The van der Waals surface area contributed by atoms with Crippen LogP contribution >= 0.6 is 11.8 Å². The molecule has 0 spiro atoms. The van der Waals surface area contributed by atoms with Gasteiger partial charge in [0.1, 0.15) is 12.4 Å². The molecule has 1 heterocycles. The summed E-state index contributed by atoms with van der Waals surface area (Å²) in [6.45, 7) is 5.51. The second-order valence-electron chi connectivity index (χ2n) is 9.36. The van der Waals surface area contributed by atoms with Gasteiger partial charge in [-0.05, 0) is 23.1 Å². The topological polar surface area (TPSA) is 91.2 Å². The van der Waals surface area contributed by atoms with E-state index in [9.17, 15) is 14.8 Å². The van der Waals surface area contributed by atoms with Crippen LogP contribution in [0.4, 0.5) is 4.79 Å². The number of nitrogens with zero attached hydrogens (tertiary/aromatic N) is 2. The van der Waals surface area contributed by atoms with Crippen LogP contribution in [0.1, 0.15) is 36.5 Å². The first-order chi connectivity index (χ1) is 19.0. The van der Waals surface area contributed by atoms with E-state index in [0.717, 1.165) is 16.7 Å². The molecule has 2 amide bonds. The van der Waals surface area contributed by atoms with Gasteiger partial charge in [-0.2, -0.15) is 0 Å². The number of hydrogen-bond acceptors (Lipinski definition) is 6. The molecule has 0 saturated carbocycles. The zero-order valence-electron chi connectivity index (χ0n) is 21.9. The maximum atomic E-state index is 13.1. The molecule has 2 atom stereocenters. The highest BCUT2D eigenvalue weighted by Crippen LogP contribution is 2.52. The Morgan fingerprint density at radius 1 is 1.03 bits per heavy atom. The number of rotatable bonds is 9. The van der Waals surface area contributed by atoms with Crippen molar-refractivity contribution >= 4 is 29.6 Å². The molecule has 1 fully saturated rings. The SMILES string of the molecule is C=CCOC(=O)N1C[C@@H](SC(c2ccccc2)(c2ccccc2)c2ccccc2)C[C@H]1C/C(=N/O)NC(C)=O. The van der Waals surface area contributed by atoms with Gasteiger partial charge in [0.25, 0.3) is 0 Å². The summed E-state index contributed by atoms with van der Waals surface area (Å²) < 4.78 is 4.85. The number of oxime groups is 1. The Kier molecular flexibility index (Phi) is 9.44. The monoisotopic (exact) mass is 543 g/mol. The third-order valence-electron chi connectivity index (χ3n) is 6.69. The normalized spacial score (nSPS) is 17.5.